The highest BCUT2D eigenvalue weighted by Crippen LogP contribution is 2.26. The molecule has 0 saturated carbocycles. The van der Waals surface area contributed by atoms with Crippen molar-refractivity contribution in [2.24, 2.45) is 0 Å². The van der Waals surface area contributed by atoms with Crippen LogP contribution in [0.4, 0.5) is 11.6 Å². The van der Waals surface area contributed by atoms with Crippen LogP contribution in [0.3, 0.4) is 0 Å². The fourth-order valence-corrected chi connectivity index (χ4v) is 2.20. The Morgan fingerprint density at radius 1 is 1.05 bits per heavy atom. The van der Waals surface area contributed by atoms with Crippen molar-refractivity contribution in [1.29, 1.82) is 0 Å². The van der Waals surface area contributed by atoms with Gasteiger partial charge >= 0.3 is 0 Å². The summed E-state index contributed by atoms with van der Waals surface area (Å²) in [7, 11) is 1.89. The van der Waals surface area contributed by atoms with E-state index in [2.05, 4.69) is 55.2 Å². The van der Waals surface area contributed by atoms with Gasteiger partial charge in [-0.1, -0.05) is 34.6 Å². The Balaban J connectivity index is 3.08. The second-order valence-electron chi connectivity index (χ2n) is 5.37. The number of aromatic nitrogens is 2. The molecule has 0 bridgehead atoms. The van der Waals surface area contributed by atoms with Crippen LogP contribution >= 0.6 is 0 Å². The predicted octanol–water partition coefficient (Wildman–Crippen LogP) is 4.02. The summed E-state index contributed by atoms with van der Waals surface area (Å²) in [5, 5.41) is 6.73. The molecule has 0 atom stereocenters. The summed E-state index contributed by atoms with van der Waals surface area (Å²) in [6.45, 7) is 10.9. The van der Waals surface area contributed by atoms with Gasteiger partial charge in [-0.05, 0) is 19.3 Å². The van der Waals surface area contributed by atoms with Gasteiger partial charge in [-0.2, -0.15) is 0 Å². The van der Waals surface area contributed by atoms with Crippen molar-refractivity contribution < 1.29 is 0 Å². The quantitative estimate of drug-likeness (QED) is 0.781. The van der Waals surface area contributed by atoms with Crippen LogP contribution in [-0.4, -0.2) is 22.6 Å². The van der Waals surface area contributed by atoms with Crippen LogP contribution in [-0.2, 0) is 0 Å². The molecule has 0 saturated heterocycles. The molecule has 4 nitrogen and oxygen atoms in total. The van der Waals surface area contributed by atoms with Gasteiger partial charge in [0.1, 0.15) is 17.5 Å². The van der Waals surface area contributed by atoms with Crippen molar-refractivity contribution in [3.8, 4) is 0 Å². The fourth-order valence-electron chi connectivity index (χ4n) is 2.20. The highest BCUT2D eigenvalue weighted by Gasteiger charge is 2.24. The van der Waals surface area contributed by atoms with E-state index in [0.29, 0.717) is 5.92 Å². The Bertz CT molecular complexity index is 389. The molecule has 1 rings (SSSR count). The molecule has 1 aromatic heterocycles. The lowest BCUT2D eigenvalue weighted by Crippen LogP contribution is -2.36. The summed E-state index contributed by atoms with van der Waals surface area (Å²) in [6, 6.07) is 1.99. The monoisotopic (exact) mass is 264 g/mol. The second-order valence-corrected chi connectivity index (χ2v) is 5.37. The normalized spacial score (nSPS) is 11.7. The molecule has 0 fully saturated rings. The maximum absolute atomic E-state index is 4.65. The van der Waals surface area contributed by atoms with E-state index in [4.69, 9.17) is 0 Å². The van der Waals surface area contributed by atoms with Gasteiger partial charge < -0.3 is 10.6 Å². The molecule has 0 aliphatic carbocycles. The molecule has 0 amide bonds. The molecule has 2 N–H and O–H groups in total. The van der Waals surface area contributed by atoms with Crippen LogP contribution in [0.5, 0.6) is 0 Å². The summed E-state index contributed by atoms with van der Waals surface area (Å²) in [4.78, 5) is 9.14. The van der Waals surface area contributed by atoms with Gasteiger partial charge in [-0.25, -0.2) is 9.97 Å². The lowest BCUT2D eigenvalue weighted by molar-refractivity contribution is 0.418. The van der Waals surface area contributed by atoms with E-state index in [1.165, 1.54) is 0 Å². The summed E-state index contributed by atoms with van der Waals surface area (Å²) in [6.07, 6.45) is 3.28. The number of hydrogen-bond donors (Lipinski definition) is 2. The zero-order valence-corrected chi connectivity index (χ0v) is 13.2. The average Bonchev–Trinajstić information content (AvgIpc) is 2.44. The third-order valence-corrected chi connectivity index (χ3v) is 3.94. The van der Waals surface area contributed by atoms with E-state index in [1.54, 1.807) is 0 Å². The average molecular weight is 264 g/mol. The molecular weight excluding hydrogens is 236 g/mol. The third-order valence-electron chi connectivity index (χ3n) is 3.94. The minimum Gasteiger partial charge on any atom is -0.373 e. The minimum atomic E-state index is 0.133. The SMILES string of the molecule is CCC(CC)(CC)Nc1cc(NC)nc(C(C)C)n1. The molecule has 19 heavy (non-hydrogen) atoms. The first kappa shape index (κ1) is 15.7. The molecule has 1 heterocycles. The first-order valence-electron chi connectivity index (χ1n) is 7.35. The molecule has 4 heteroatoms. The van der Waals surface area contributed by atoms with Crippen molar-refractivity contribution in [3.05, 3.63) is 11.9 Å². The van der Waals surface area contributed by atoms with E-state index >= 15 is 0 Å². The van der Waals surface area contributed by atoms with Crippen molar-refractivity contribution in [2.75, 3.05) is 17.7 Å². The van der Waals surface area contributed by atoms with E-state index in [0.717, 1.165) is 36.7 Å². The first-order valence-corrected chi connectivity index (χ1v) is 7.35. The Labute approximate surface area is 117 Å². The van der Waals surface area contributed by atoms with E-state index < -0.39 is 0 Å². The van der Waals surface area contributed by atoms with Crippen LogP contribution in [0, 0.1) is 0 Å². The van der Waals surface area contributed by atoms with Gasteiger partial charge in [0, 0.05) is 24.6 Å². The molecular formula is C15H28N4. The van der Waals surface area contributed by atoms with E-state index in [1.807, 2.05) is 13.1 Å². The van der Waals surface area contributed by atoms with Crippen LogP contribution in [0.15, 0.2) is 6.07 Å². The molecule has 0 radical (unpaired) electrons. The molecule has 0 spiro atoms. The predicted molar refractivity (Wildman–Crippen MR) is 82.9 cm³/mol. The molecule has 0 aliphatic heterocycles. The van der Waals surface area contributed by atoms with Crippen molar-refractivity contribution >= 4 is 11.6 Å². The molecule has 0 unspecified atom stereocenters. The highest BCUT2D eigenvalue weighted by atomic mass is 15.1. The van der Waals surface area contributed by atoms with Crippen molar-refractivity contribution in [1.82, 2.24) is 9.97 Å². The van der Waals surface area contributed by atoms with Gasteiger partial charge in [0.15, 0.2) is 0 Å². The molecule has 0 aliphatic rings. The number of rotatable bonds is 7. The van der Waals surface area contributed by atoms with Crippen LogP contribution in [0.1, 0.15) is 65.6 Å². The lowest BCUT2D eigenvalue weighted by Gasteiger charge is -2.32. The van der Waals surface area contributed by atoms with Crippen molar-refractivity contribution in [2.45, 2.75) is 65.3 Å². The maximum atomic E-state index is 4.65. The number of hydrogen-bond acceptors (Lipinski definition) is 4. The standard InChI is InChI=1S/C15H28N4/c1-7-15(8-2,9-3)19-13-10-12(16-6)17-14(18-13)11(4)5/h10-11H,7-9H2,1-6H3,(H2,16,17,18,19). The first-order chi connectivity index (χ1) is 9.00. The van der Waals surface area contributed by atoms with Gasteiger partial charge in [0.2, 0.25) is 0 Å². The highest BCUT2D eigenvalue weighted by molar-refractivity contribution is 5.49. The van der Waals surface area contributed by atoms with Gasteiger partial charge in [-0.15, -0.1) is 0 Å². The second kappa shape index (κ2) is 6.73. The van der Waals surface area contributed by atoms with Crippen LogP contribution in [0.25, 0.3) is 0 Å². The number of anilines is 2. The van der Waals surface area contributed by atoms with E-state index in [9.17, 15) is 0 Å². The Hall–Kier alpha value is -1.32. The summed E-state index contributed by atoms with van der Waals surface area (Å²) < 4.78 is 0. The summed E-state index contributed by atoms with van der Waals surface area (Å²) >= 11 is 0. The summed E-state index contributed by atoms with van der Waals surface area (Å²) in [5.74, 6) is 3.01. The smallest absolute Gasteiger partial charge is 0.135 e. The third kappa shape index (κ3) is 3.82. The number of nitrogens with one attached hydrogen (secondary N) is 2. The zero-order valence-electron chi connectivity index (χ0n) is 13.2. The van der Waals surface area contributed by atoms with Crippen LogP contribution < -0.4 is 10.6 Å². The lowest BCUT2D eigenvalue weighted by atomic mass is 9.90. The molecule has 1 aromatic rings. The topological polar surface area (TPSA) is 49.8 Å². The van der Waals surface area contributed by atoms with Gasteiger partial charge in [-0.3, -0.25) is 0 Å². The Morgan fingerprint density at radius 2 is 1.58 bits per heavy atom. The van der Waals surface area contributed by atoms with E-state index in [-0.39, 0.29) is 5.54 Å². The minimum absolute atomic E-state index is 0.133. The zero-order chi connectivity index (χ0) is 14.5. The number of nitrogens with zero attached hydrogens (tertiary/aromatic N) is 2. The van der Waals surface area contributed by atoms with Crippen molar-refractivity contribution in [3.63, 3.8) is 0 Å². The van der Waals surface area contributed by atoms with Gasteiger partial charge in [0.05, 0.1) is 0 Å². The largest absolute Gasteiger partial charge is 0.373 e. The molecule has 108 valence electrons. The maximum Gasteiger partial charge on any atom is 0.135 e. The van der Waals surface area contributed by atoms with Crippen LogP contribution in [0.2, 0.25) is 0 Å². The summed E-state index contributed by atoms with van der Waals surface area (Å²) in [5.41, 5.74) is 0.133. The Morgan fingerprint density at radius 3 is 2.00 bits per heavy atom. The van der Waals surface area contributed by atoms with Gasteiger partial charge in [0.25, 0.3) is 0 Å². The molecule has 0 aromatic carbocycles. The Kier molecular flexibility index (Phi) is 5.58. The fraction of sp³-hybridized carbons (Fsp3) is 0.733.